The van der Waals surface area contributed by atoms with E-state index in [0.717, 1.165) is 33.9 Å². The fraction of sp³-hybridized carbons (Fsp3) is 0.273. The van der Waals surface area contributed by atoms with Crippen LogP contribution in [0.2, 0.25) is 0 Å². The molecule has 7 nitrogen and oxygen atoms in total. The average molecular weight is 424 g/mol. The Bertz CT molecular complexity index is 1060. The van der Waals surface area contributed by atoms with Crippen LogP contribution < -0.4 is 10.6 Å². The van der Waals surface area contributed by atoms with Crippen molar-refractivity contribution in [2.75, 3.05) is 17.6 Å². The van der Waals surface area contributed by atoms with Gasteiger partial charge in [0.1, 0.15) is 5.82 Å². The number of anilines is 1. The van der Waals surface area contributed by atoms with E-state index >= 15 is 0 Å². The monoisotopic (exact) mass is 423 g/mol. The summed E-state index contributed by atoms with van der Waals surface area (Å²) in [6.07, 6.45) is 0. The number of thioether (sulfide) groups is 1. The Hall–Kier alpha value is -3.13. The molecule has 0 aliphatic rings. The number of nitrogens with one attached hydrogen (secondary N) is 2. The molecule has 2 amide bonds. The van der Waals surface area contributed by atoms with Gasteiger partial charge in [-0.3, -0.25) is 14.2 Å². The zero-order chi connectivity index (χ0) is 21.7. The van der Waals surface area contributed by atoms with Crippen molar-refractivity contribution >= 4 is 29.3 Å². The summed E-state index contributed by atoms with van der Waals surface area (Å²) in [4.78, 5) is 24.4. The molecule has 0 atom stereocenters. The van der Waals surface area contributed by atoms with Gasteiger partial charge < -0.3 is 10.6 Å². The number of aromatic nitrogens is 3. The van der Waals surface area contributed by atoms with Crippen molar-refractivity contribution in [1.29, 1.82) is 0 Å². The van der Waals surface area contributed by atoms with Crippen molar-refractivity contribution < 1.29 is 9.59 Å². The van der Waals surface area contributed by atoms with Gasteiger partial charge >= 0.3 is 0 Å². The van der Waals surface area contributed by atoms with Crippen LogP contribution in [0.25, 0.3) is 5.69 Å². The first-order valence-corrected chi connectivity index (χ1v) is 10.6. The molecule has 2 aromatic carbocycles. The first kappa shape index (κ1) is 21.6. The van der Waals surface area contributed by atoms with E-state index in [2.05, 4.69) is 20.8 Å². The highest BCUT2D eigenvalue weighted by molar-refractivity contribution is 7.99. The molecule has 0 spiro atoms. The Balaban J connectivity index is 1.53. The summed E-state index contributed by atoms with van der Waals surface area (Å²) in [7, 11) is 0. The third-order valence-corrected chi connectivity index (χ3v) is 5.67. The average Bonchev–Trinajstić information content (AvgIpc) is 3.09. The van der Waals surface area contributed by atoms with E-state index in [4.69, 9.17) is 0 Å². The Morgan fingerprint density at radius 1 is 0.967 bits per heavy atom. The molecule has 0 fully saturated rings. The largest absolute Gasteiger partial charge is 0.346 e. The minimum Gasteiger partial charge on any atom is -0.346 e. The van der Waals surface area contributed by atoms with Crippen molar-refractivity contribution in [3.05, 3.63) is 65.0 Å². The van der Waals surface area contributed by atoms with Gasteiger partial charge in [0.25, 0.3) is 0 Å². The summed E-state index contributed by atoms with van der Waals surface area (Å²) >= 11 is 1.28. The van der Waals surface area contributed by atoms with Crippen LogP contribution in [-0.4, -0.2) is 38.9 Å². The van der Waals surface area contributed by atoms with E-state index < -0.39 is 0 Å². The van der Waals surface area contributed by atoms with E-state index in [1.54, 1.807) is 0 Å². The number of hydrogen-bond acceptors (Lipinski definition) is 5. The van der Waals surface area contributed by atoms with Crippen LogP contribution in [0.1, 0.15) is 22.5 Å². The number of carbonyl (C=O) groups is 2. The number of benzene rings is 2. The van der Waals surface area contributed by atoms with E-state index in [0.29, 0.717) is 5.16 Å². The number of carbonyl (C=O) groups excluding carboxylic acids is 2. The van der Waals surface area contributed by atoms with Crippen LogP contribution >= 0.6 is 11.8 Å². The maximum absolute atomic E-state index is 12.2. The molecular formula is C22H25N5O2S. The van der Waals surface area contributed by atoms with Crippen LogP contribution in [0.3, 0.4) is 0 Å². The van der Waals surface area contributed by atoms with E-state index in [1.165, 1.54) is 11.8 Å². The molecule has 3 aromatic rings. The summed E-state index contributed by atoms with van der Waals surface area (Å²) < 4.78 is 1.91. The molecule has 8 heteroatoms. The molecule has 156 valence electrons. The van der Waals surface area contributed by atoms with Crippen LogP contribution in [0.15, 0.2) is 47.6 Å². The van der Waals surface area contributed by atoms with Crippen LogP contribution in [0.4, 0.5) is 5.69 Å². The second-order valence-electron chi connectivity index (χ2n) is 7.06. The quantitative estimate of drug-likeness (QED) is 0.569. The van der Waals surface area contributed by atoms with Gasteiger partial charge in [0.15, 0.2) is 5.16 Å². The Morgan fingerprint density at radius 2 is 1.70 bits per heavy atom. The molecule has 0 bridgehead atoms. The zero-order valence-corrected chi connectivity index (χ0v) is 18.3. The van der Waals surface area contributed by atoms with Crippen molar-refractivity contribution in [1.82, 2.24) is 20.1 Å². The highest BCUT2D eigenvalue weighted by Crippen LogP contribution is 2.22. The van der Waals surface area contributed by atoms with Gasteiger partial charge in [-0.05, 0) is 57.0 Å². The molecule has 0 aliphatic carbocycles. The van der Waals surface area contributed by atoms with Gasteiger partial charge in [-0.25, -0.2) is 0 Å². The van der Waals surface area contributed by atoms with Crippen molar-refractivity contribution in [3.8, 4) is 5.69 Å². The van der Waals surface area contributed by atoms with Gasteiger partial charge in [-0.1, -0.05) is 41.6 Å². The summed E-state index contributed by atoms with van der Waals surface area (Å²) in [5.74, 6) is 0.378. The number of aryl methyl sites for hydroxylation is 3. The lowest BCUT2D eigenvalue weighted by Crippen LogP contribution is -2.34. The number of hydrogen-bond donors (Lipinski definition) is 2. The molecule has 1 heterocycles. The third-order valence-electron chi connectivity index (χ3n) is 4.74. The molecule has 30 heavy (non-hydrogen) atoms. The SMILES string of the molecule is Cc1ccc(-n2c(C)nnc2SCC(=O)NCC(=O)Nc2cccc(C)c2C)cc1. The van der Waals surface area contributed by atoms with Crippen LogP contribution in [0.5, 0.6) is 0 Å². The minimum atomic E-state index is -0.263. The predicted octanol–water partition coefficient (Wildman–Crippen LogP) is 3.35. The Labute approximate surface area is 180 Å². The summed E-state index contributed by atoms with van der Waals surface area (Å²) in [6, 6.07) is 13.7. The van der Waals surface area contributed by atoms with Crippen LogP contribution in [0, 0.1) is 27.7 Å². The predicted molar refractivity (Wildman–Crippen MR) is 119 cm³/mol. The fourth-order valence-corrected chi connectivity index (χ4v) is 3.70. The molecule has 0 aliphatic heterocycles. The molecular weight excluding hydrogens is 398 g/mol. The smallest absolute Gasteiger partial charge is 0.243 e. The number of nitrogens with zero attached hydrogens (tertiary/aromatic N) is 3. The molecule has 3 rings (SSSR count). The highest BCUT2D eigenvalue weighted by Gasteiger charge is 2.14. The van der Waals surface area contributed by atoms with Crippen molar-refractivity contribution in [2.24, 2.45) is 0 Å². The number of rotatable bonds is 7. The van der Waals surface area contributed by atoms with Crippen LogP contribution in [-0.2, 0) is 9.59 Å². The van der Waals surface area contributed by atoms with Gasteiger partial charge in [-0.2, -0.15) is 0 Å². The lowest BCUT2D eigenvalue weighted by atomic mass is 10.1. The van der Waals surface area contributed by atoms with E-state index in [-0.39, 0.29) is 24.1 Å². The maximum atomic E-state index is 12.2. The second-order valence-corrected chi connectivity index (χ2v) is 8.00. The normalized spacial score (nSPS) is 10.7. The van der Waals surface area contributed by atoms with Gasteiger partial charge in [-0.15, -0.1) is 10.2 Å². The summed E-state index contributed by atoms with van der Waals surface area (Å²) in [6.45, 7) is 7.75. The molecule has 2 N–H and O–H groups in total. The lowest BCUT2D eigenvalue weighted by Gasteiger charge is -2.11. The molecule has 0 unspecified atom stereocenters. The van der Waals surface area contributed by atoms with Gasteiger partial charge in [0, 0.05) is 11.4 Å². The first-order valence-electron chi connectivity index (χ1n) is 9.60. The van der Waals surface area contributed by atoms with Gasteiger partial charge in [0.2, 0.25) is 11.8 Å². The minimum absolute atomic E-state index is 0.0868. The lowest BCUT2D eigenvalue weighted by molar-refractivity contribution is -0.122. The molecule has 0 saturated heterocycles. The van der Waals surface area contributed by atoms with E-state index in [1.807, 2.05) is 74.7 Å². The molecule has 0 saturated carbocycles. The standard InChI is InChI=1S/C22H25N5O2S/c1-14-8-10-18(11-9-14)27-17(4)25-26-22(27)30-13-21(29)23-12-20(28)24-19-7-5-6-15(2)16(19)3/h5-11H,12-13H2,1-4H3,(H,23,29)(H,24,28). The molecule has 1 aromatic heterocycles. The summed E-state index contributed by atoms with van der Waals surface area (Å²) in [5, 5.41) is 14.4. The summed E-state index contributed by atoms with van der Waals surface area (Å²) in [5.41, 5.74) is 4.97. The Morgan fingerprint density at radius 3 is 2.43 bits per heavy atom. The fourth-order valence-electron chi connectivity index (χ4n) is 2.87. The number of amides is 2. The Kier molecular flexibility index (Phi) is 6.89. The third kappa shape index (κ3) is 5.27. The topological polar surface area (TPSA) is 88.9 Å². The van der Waals surface area contributed by atoms with E-state index in [9.17, 15) is 9.59 Å². The second kappa shape index (κ2) is 9.58. The molecule has 0 radical (unpaired) electrons. The van der Waals surface area contributed by atoms with Gasteiger partial charge in [0.05, 0.1) is 12.3 Å². The highest BCUT2D eigenvalue weighted by atomic mass is 32.2. The maximum Gasteiger partial charge on any atom is 0.243 e. The van der Waals surface area contributed by atoms with Crippen molar-refractivity contribution in [3.63, 3.8) is 0 Å². The van der Waals surface area contributed by atoms with Crippen molar-refractivity contribution in [2.45, 2.75) is 32.9 Å². The first-order chi connectivity index (χ1) is 14.3. The zero-order valence-electron chi connectivity index (χ0n) is 17.5.